The highest BCUT2D eigenvalue weighted by atomic mass is 16.4. The van der Waals surface area contributed by atoms with E-state index in [1.54, 1.807) is 0 Å². The standard InChI is InChI=1S/C14H28N4O/c1-2-12-5-3-4-6-13(12)18-9-7-17(8-10-18)11-14(15)16-19/h12-13,19H,2-11H2,1H3,(H2,15,16). The molecule has 1 saturated heterocycles. The Kier molecular flexibility index (Phi) is 5.45. The quantitative estimate of drug-likeness (QED) is 0.349. The van der Waals surface area contributed by atoms with Crippen LogP contribution in [0.25, 0.3) is 0 Å². The molecule has 5 nitrogen and oxygen atoms in total. The van der Waals surface area contributed by atoms with Crippen molar-refractivity contribution in [2.45, 2.75) is 45.1 Å². The number of rotatable bonds is 4. The van der Waals surface area contributed by atoms with Crippen molar-refractivity contribution in [1.29, 1.82) is 0 Å². The molecule has 2 aliphatic rings. The van der Waals surface area contributed by atoms with Gasteiger partial charge in [0.05, 0.1) is 6.54 Å². The van der Waals surface area contributed by atoms with Crippen LogP contribution in [-0.4, -0.2) is 59.6 Å². The summed E-state index contributed by atoms with van der Waals surface area (Å²) in [5.74, 6) is 1.21. The van der Waals surface area contributed by atoms with E-state index in [4.69, 9.17) is 10.9 Å². The summed E-state index contributed by atoms with van der Waals surface area (Å²) < 4.78 is 0. The van der Waals surface area contributed by atoms with Gasteiger partial charge in [0.25, 0.3) is 0 Å². The maximum absolute atomic E-state index is 8.61. The molecular formula is C14H28N4O. The van der Waals surface area contributed by atoms with Crippen LogP contribution in [0.5, 0.6) is 0 Å². The molecule has 2 atom stereocenters. The van der Waals surface area contributed by atoms with Crippen LogP contribution in [0.4, 0.5) is 0 Å². The molecule has 2 unspecified atom stereocenters. The fourth-order valence-electron chi connectivity index (χ4n) is 3.66. The Morgan fingerprint density at radius 2 is 1.89 bits per heavy atom. The predicted octanol–water partition coefficient (Wildman–Crippen LogP) is 1.32. The van der Waals surface area contributed by atoms with Gasteiger partial charge >= 0.3 is 0 Å². The highest BCUT2D eigenvalue weighted by Crippen LogP contribution is 2.31. The van der Waals surface area contributed by atoms with E-state index in [1.165, 1.54) is 32.1 Å². The third kappa shape index (κ3) is 3.83. The third-order valence-corrected chi connectivity index (χ3v) is 4.78. The van der Waals surface area contributed by atoms with Gasteiger partial charge in [-0.2, -0.15) is 0 Å². The minimum absolute atomic E-state index is 0.317. The maximum Gasteiger partial charge on any atom is 0.153 e. The molecule has 3 N–H and O–H groups in total. The van der Waals surface area contributed by atoms with Gasteiger partial charge in [0.1, 0.15) is 0 Å². The van der Waals surface area contributed by atoms with Gasteiger partial charge in [0, 0.05) is 32.2 Å². The van der Waals surface area contributed by atoms with Crippen molar-refractivity contribution in [2.75, 3.05) is 32.7 Å². The summed E-state index contributed by atoms with van der Waals surface area (Å²) in [6.07, 6.45) is 6.91. The molecule has 19 heavy (non-hydrogen) atoms. The van der Waals surface area contributed by atoms with Crippen LogP contribution in [0.3, 0.4) is 0 Å². The lowest BCUT2D eigenvalue weighted by molar-refractivity contribution is 0.0532. The molecule has 0 bridgehead atoms. The van der Waals surface area contributed by atoms with Crippen molar-refractivity contribution < 1.29 is 5.21 Å². The summed E-state index contributed by atoms with van der Waals surface area (Å²) in [6.45, 7) is 7.23. The van der Waals surface area contributed by atoms with Crippen molar-refractivity contribution in [3.63, 3.8) is 0 Å². The summed E-state index contributed by atoms with van der Waals surface area (Å²) in [4.78, 5) is 4.95. The van der Waals surface area contributed by atoms with Gasteiger partial charge in [-0.05, 0) is 18.8 Å². The first-order valence-electron chi connectivity index (χ1n) is 7.67. The number of hydrogen-bond acceptors (Lipinski definition) is 4. The molecule has 0 aromatic rings. The Hall–Kier alpha value is -0.810. The van der Waals surface area contributed by atoms with Gasteiger partial charge in [-0.3, -0.25) is 9.80 Å². The molecule has 0 spiro atoms. The van der Waals surface area contributed by atoms with Gasteiger partial charge in [0.2, 0.25) is 0 Å². The summed E-state index contributed by atoms with van der Waals surface area (Å²) in [7, 11) is 0. The van der Waals surface area contributed by atoms with Crippen LogP contribution in [0.2, 0.25) is 0 Å². The second kappa shape index (κ2) is 7.10. The molecule has 0 aromatic heterocycles. The molecule has 2 fully saturated rings. The highest BCUT2D eigenvalue weighted by Gasteiger charge is 2.30. The molecular weight excluding hydrogens is 240 g/mol. The number of amidine groups is 1. The highest BCUT2D eigenvalue weighted by molar-refractivity contribution is 5.81. The fourth-order valence-corrected chi connectivity index (χ4v) is 3.66. The van der Waals surface area contributed by atoms with Gasteiger partial charge in [-0.1, -0.05) is 31.3 Å². The van der Waals surface area contributed by atoms with Crippen molar-refractivity contribution in [3.05, 3.63) is 0 Å². The van der Waals surface area contributed by atoms with E-state index in [1.807, 2.05) is 0 Å². The van der Waals surface area contributed by atoms with Gasteiger partial charge in [0.15, 0.2) is 5.84 Å². The van der Waals surface area contributed by atoms with Crippen LogP contribution in [0.1, 0.15) is 39.0 Å². The lowest BCUT2D eigenvalue weighted by Crippen LogP contribution is -2.54. The van der Waals surface area contributed by atoms with Crippen molar-refractivity contribution in [1.82, 2.24) is 9.80 Å². The second-order valence-electron chi connectivity index (χ2n) is 5.92. The molecule has 110 valence electrons. The Morgan fingerprint density at radius 1 is 1.21 bits per heavy atom. The Balaban J connectivity index is 1.81. The Morgan fingerprint density at radius 3 is 2.53 bits per heavy atom. The lowest BCUT2D eigenvalue weighted by atomic mass is 9.81. The van der Waals surface area contributed by atoms with E-state index < -0.39 is 0 Å². The van der Waals surface area contributed by atoms with Crippen LogP contribution >= 0.6 is 0 Å². The van der Waals surface area contributed by atoms with Crippen molar-refractivity contribution in [2.24, 2.45) is 16.8 Å². The van der Waals surface area contributed by atoms with Crippen LogP contribution in [0.15, 0.2) is 5.16 Å². The number of nitrogens with two attached hydrogens (primary N) is 1. The van der Waals surface area contributed by atoms with Crippen molar-refractivity contribution in [3.8, 4) is 0 Å². The largest absolute Gasteiger partial charge is 0.409 e. The number of piperazine rings is 1. The minimum Gasteiger partial charge on any atom is -0.409 e. The van der Waals surface area contributed by atoms with E-state index in [0.29, 0.717) is 12.4 Å². The zero-order valence-electron chi connectivity index (χ0n) is 12.1. The molecule has 1 aliphatic heterocycles. The van der Waals surface area contributed by atoms with E-state index in [2.05, 4.69) is 21.9 Å². The average molecular weight is 268 g/mol. The first-order valence-corrected chi connectivity index (χ1v) is 7.67. The molecule has 1 aliphatic carbocycles. The molecule has 1 saturated carbocycles. The number of oxime groups is 1. The van der Waals surface area contributed by atoms with Gasteiger partial charge < -0.3 is 10.9 Å². The van der Waals surface area contributed by atoms with Crippen LogP contribution < -0.4 is 5.73 Å². The Bertz CT molecular complexity index is 300. The SMILES string of the molecule is CCC1CCCCC1N1CCN(CC(N)=NO)CC1. The van der Waals surface area contributed by atoms with E-state index >= 15 is 0 Å². The molecule has 5 heteroatoms. The van der Waals surface area contributed by atoms with Gasteiger partial charge in [-0.15, -0.1) is 0 Å². The molecule has 0 aromatic carbocycles. The zero-order valence-corrected chi connectivity index (χ0v) is 12.1. The minimum atomic E-state index is 0.317. The van der Waals surface area contributed by atoms with E-state index in [-0.39, 0.29) is 0 Å². The number of hydrogen-bond donors (Lipinski definition) is 2. The lowest BCUT2D eigenvalue weighted by Gasteiger charge is -2.44. The summed E-state index contributed by atoms with van der Waals surface area (Å²) in [6, 6.07) is 0.796. The smallest absolute Gasteiger partial charge is 0.153 e. The monoisotopic (exact) mass is 268 g/mol. The topological polar surface area (TPSA) is 65.1 Å². The van der Waals surface area contributed by atoms with E-state index in [9.17, 15) is 0 Å². The second-order valence-corrected chi connectivity index (χ2v) is 5.92. The molecule has 2 rings (SSSR count). The van der Waals surface area contributed by atoms with Crippen molar-refractivity contribution >= 4 is 5.84 Å². The first kappa shape index (κ1) is 14.6. The molecule has 0 radical (unpaired) electrons. The molecule has 0 amide bonds. The molecule has 1 heterocycles. The van der Waals surface area contributed by atoms with E-state index in [0.717, 1.165) is 38.1 Å². The number of nitrogens with zero attached hydrogens (tertiary/aromatic N) is 3. The predicted molar refractivity (Wildman–Crippen MR) is 77.5 cm³/mol. The third-order valence-electron chi connectivity index (χ3n) is 4.78. The summed E-state index contributed by atoms with van der Waals surface area (Å²) in [5, 5.41) is 11.7. The summed E-state index contributed by atoms with van der Waals surface area (Å²) >= 11 is 0. The van der Waals surface area contributed by atoms with Crippen LogP contribution in [0, 0.1) is 5.92 Å². The summed E-state index contributed by atoms with van der Waals surface area (Å²) in [5.41, 5.74) is 5.57. The fraction of sp³-hybridized carbons (Fsp3) is 0.929. The normalized spacial score (nSPS) is 31.5. The van der Waals surface area contributed by atoms with Gasteiger partial charge in [-0.25, -0.2) is 0 Å². The Labute approximate surface area is 116 Å². The zero-order chi connectivity index (χ0) is 13.7. The average Bonchev–Trinajstić information content (AvgIpc) is 2.48. The first-order chi connectivity index (χ1) is 9.24. The van der Waals surface area contributed by atoms with Crippen LogP contribution in [-0.2, 0) is 0 Å². The maximum atomic E-state index is 8.61.